The molecule has 0 aromatic heterocycles. The van der Waals surface area contributed by atoms with Crippen LogP contribution in [0.25, 0.3) is 0 Å². The highest BCUT2D eigenvalue weighted by Crippen LogP contribution is 2.41. The Morgan fingerprint density at radius 1 is 1.50 bits per heavy atom. The van der Waals surface area contributed by atoms with E-state index in [2.05, 4.69) is 16.8 Å². The number of aryl methyl sites for hydroxylation is 1. The first-order valence-electron chi connectivity index (χ1n) is 7.47. The fraction of sp³-hybridized carbons (Fsp3) is 0.500. The molecule has 0 spiro atoms. The van der Waals surface area contributed by atoms with Gasteiger partial charge in [0, 0.05) is 38.3 Å². The Labute approximate surface area is 130 Å². The van der Waals surface area contributed by atoms with Crippen LogP contribution in [0.15, 0.2) is 24.3 Å². The molecular weight excluding hydrogens is 282 g/mol. The lowest BCUT2D eigenvalue weighted by atomic mass is 9.94. The molecule has 0 radical (unpaired) electrons. The molecule has 1 aromatic rings. The van der Waals surface area contributed by atoms with Gasteiger partial charge in [0.05, 0.1) is 10.5 Å². The van der Waals surface area contributed by atoms with Crippen molar-refractivity contribution in [2.75, 3.05) is 26.2 Å². The molecule has 22 heavy (non-hydrogen) atoms. The van der Waals surface area contributed by atoms with Crippen molar-refractivity contribution in [3.05, 3.63) is 45.5 Å². The number of benzene rings is 1. The van der Waals surface area contributed by atoms with Gasteiger partial charge in [0.15, 0.2) is 0 Å². The molecular formula is C16H23N3O3. The average molecular weight is 305 g/mol. The lowest BCUT2D eigenvalue weighted by Gasteiger charge is -2.35. The van der Waals surface area contributed by atoms with E-state index in [1.807, 2.05) is 6.92 Å². The number of rotatable bonds is 5. The van der Waals surface area contributed by atoms with Crippen molar-refractivity contribution < 1.29 is 10.0 Å². The van der Waals surface area contributed by atoms with Crippen molar-refractivity contribution in [2.45, 2.75) is 26.3 Å². The van der Waals surface area contributed by atoms with Crippen LogP contribution < -0.4 is 5.32 Å². The van der Waals surface area contributed by atoms with Crippen LogP contribution in [0.5, 0.6) is 5.75 Å². The van der Waals surface area contributed by atoms with Crippen LogP contribution in [0.3, 0.4) is 0 Å². The first-order chi connectivity index (χ1) is 10.4. The number of nitro groups is 1. The number of phenolic OH excluding ortho intramolecular Hbond substituents is 1. The van der Waals surface area contributed by atoms with E-state index in [4.69, 9.17) is 0 Å². The summed E-state index contributed by atoms with van der Waals surface area (Å²) in [7, 11) is 0. The smallest absolute Gasteiger partial charge is 0.277 e. The van der Waals surface area contributed by atoms with Gasteiger partial charge in [-0.15, -0.1) is 6.58 Å². The Kier molecular flexibility index (Phi) is 5.15. The van der Waals surface area contributed by atoms with Crippen LogP contribution in [0, 0.1) is 17.0 Å². The maximum absolute atomic E-state index is 11.4. The average Bonchev–Trinajstić information content (AvgIpc) is 2.48. The van der Waals surface area contributed by atoms with Gasteiger partial charge in [0.1, 0.15) is 5.75 Å². The third kappa shape index (κ3) is 3.45. The van der Waals surface area contributed by atoms with E-state index in [-0.39, 0.29) is 17.5 Å². The van der Waals surface area contributed by atoms with Crippen LogP contribution in [-0.2, 0) is 0 Å². The second-order valence-corrected chi connectivity index (χ2v) is 5.88. The Morgan fingerprint density at radius 3 is 2.68 bits per heavy atom. The van der Waals surface area contributed by atoms with E-state index in [9.17, 15) is 15.2 Å². The van der Waals surface area contributed by atoms with E-state index in [1.165, 1.54) is 6.07 Å². The number of hydrogen-bond donors (Lipinski definition) is 2. The summed E-state index contributed by atoms with van der Waals surface area (Å²) < 4.78 is 0. The zero-order valence-electron chi connectivity index (χ0n) is 13.1. The van der Waals surface area contributed by atoms with Gasteiger partial charge in [0.25, 0.3) is 5.69 Å². The topological polar surface area (TPSA) is 78.6 Å². The van der Waals surface area contributed by atoms with Gasteiger partial charge in [-0.05, 0) is 31.9 Å². The summed E-state index contributed by atoms with van der Waals surface area (Å²) in [6.07, 6.45) is 0.595. The summed E-state index contributed by atoms with van der Waals surface area (Å²) in [5.41, 5.74) is 1.99. The summed E-state index contributed by atoms with van der Waals surface area (Å²) in [5, 5.41) is 25.1. The van der Waals surface area contributed by atoms with Gasteiger partial charge in [0.2, 0.25) is 0 Å². The van der Waals surface area contributed by atoms with Crippen molar-refractivity contribution in [3.63, 3.8) is 0 Å². The Hall–Kier alpha value is -1.92. The van der Waals surface area contributed by atoms with Crippen molar-refractivity contribution in [3.8, 4) is 5.75 Å². The zero-order valence-corrected chi connectivity index (χ0v) is 13.1. The third-order valence-corrected chi connectivity index (χ3v) is 4.06. The van der Waals surface area contributed by atoms with Crippen molar-refractivity contribution >= 4 is 5.69 Å². The van der Waals surface area contributed by atoms with Gasteiger partial charge < -0.3 is 10.4 Å². The Balaban J connectivity index is 2.52. The minimum absolute atomic E-state index is 0.0205. The summed E-state index contributed by atoms with van der Waals surface area (Å²) in [5.74, 6) is 0.0268. The molecule has 2 N–H and O–H groups in total. The Bertz CT molecular complexity index is 580. The molecule has 0 unspecified atom stereocenters. The number of nitro benzene ring substituents is 1. The molecule has 1 aliphatic heterocycles. The van der Waals surface area contributed by atoms with E-state index in [1.54, 1.807) is 13.0 Å². The quantitative estimate of drug-likeness (QED) is 0.496. The van der Waals surface area contributed by atoms with Gasteiger partial charge in [-0.3, -0.25) is 15.0 Å². The van der Waals surface area contributed by atoms with Gasteiger partial charge >= 0.3 is 0 Å². The van der Waals surface area contributed by atoms with Gasteiger partial charge in [-0.25, -0.2) is 0 Å². The summed E-state index contributed by atoms with van der Waals surface area (Å²) in [4.78, 5) is 13.2. The molecule has 0 saturated carbocycles. The molecule has 6 heteroatoms. The maximum atomic E-state index is 11.4. The lowest BCUT2D eigenvalue weighted by molar-refractivity contribution is -0.386. The minimum atomic E-state index is -0.415. The first-order valence-corrected chi connectivity index (χ1v) is 7.47. The summed E-state index contributed by atoms with van der Waals surface area (Å²) >= 11 is 0. The second-order valence-electron chi connectivity index (χ2n) is 5.88. The van der Waals surface area contributed by atoms with Crippen LogP contribution in [0.1, 0.15) is 30.5 Å². The number of piperazine rings is 1. The SMILES string of the molecule is C=C(C)C[C@H](c1c([N+](=O)[O-])ccc(C)c1O)N1CCNCC1. The van der Waals surface area contributed by atoms with Crippen molar-refractivity contribution in [1.29, 1.82) is 0 Å². The summed E-state index contributed by atoms with van der Waals surface area (Å²) in [6, 6.07) is 2.85. The van der Waals surface area contributed by atoms with Crippen LogP contribution in [0.2, 0.25) is 0 Å². The molecule has 2 rings (SSSR count). The number of nitrogens with zero attached hydrogens (tertiary/aromatic N) is 2. The van der Waals surface area contributed by atoms with E-state index < -0.39 is 4.92 Å². The summed E-state index contributed by atoms with van der Waals surface area (Å²) in [6.45, 7) is 10.9. The zero-order chi connectivity index (χ0) is 16.3. The largest absolute Gasteiger partial charge is 0.507 e. The van der Waals surface area contributed by atoms with E-state index >= 15 is 0 Å². The minimum Gasteiger partial charge on any atom is -0.507 e. The fourth-order valence-electron chi connectivity index (χ4n) is 2.93. The molecule has 1 heterocycles. The highest BCUT2D eigenvalue weighted by Gasteiger charge is 2.31. The van der Waals surface area contributed by atoms with E-state index in [0.717, 1.165) is 31.8 Å². The highest BCUT2D eigenvalue weighted by atomic mass is 16.6. The lowest BCUT2D eigenvalue weighted by Crippen LogP contribution is -2.45. The fourth-order valence-corrected chi connectivity index (χ4v) is 2.93. The predicted octanol–water partition coefficient (Wildman–Crippen LogP) is 2.52. The molecule has 6 nitrogen and oxygen atoms in total. The molecule has 1 atom stereocenters. The molecule has 1 aliphatic rings. The maximum Gasteiger partial charge on any atom is 0.277 e. The normalized spacial score (nSPS) is 17.2. The number of nitrogens with one attached hydrogen (secondary N) is 1. The second kappa shape index (κ2) is 6.89. The highest BCUT2D eigenvalue weighted by molar-refractivity contribution is 5.54. The van der Waals surface area contributed by atoms with Gasteiger partial charge in [-0.1, -0.05) is 5.57 Å². The Morgan fingerprint density at radius 2 is 2.14 bits per heavy atom. The predicted molar refractivity (Wildman–Crippen MR) is 86.1 cm³/mol. The monoisotopic (exact) mass is 305 g/mol. The molecule has 1 aromatic carbocycles. The molecule has 0 amide bonds. The van der Waals surface area contributed by atoms with Crippen LogP contribution >= 0.6 is 0 Å². The number of aromatic hydroxyl groups is 1. The molecule has 0 aliphatic carbocycles. The molecule has 0 bridgehead atoms. The number of hydrogen-bond acceptors (Lipinski definition) is 5. The van der Waals surface area contributed by atoms with Crippen molar-refractivity contribution in [2.24, 2.45) is 0 Å². The first kappa shape index (κ1) is 16.5. The van der Waals surface area contributed by atoms with E-state index in [0.29, 0.717) is 17.5 Å². The van der Waals surface area contributed by atoms with Crippen molar-refractivity contribution in [1.82, 2.24) is 10.2 Å². The molecule has 1 fully saturated rings. The standard InChI is InChI=1S/C16H23N3O3/c1-11(2)10-14(18-8-6-17-7-9-18)15-13(19(21)22)5-4-12(3)16(15)20/h4-5,14,17,20H,1,6-10H2,2-3H3/t14-/m1/s1. The molecule has 120 valence electrons. The number of phenols is 1. The third-order valence-electron chi connectivity index (χ3n) is 4.06. The van der Waals surface area contributed by atoms with Crippen LogP contribution in [0.4, 0.5) is 5.69 Å². The molecule has 1 saturated heterocycles. The van der Waals surface area contributed by atoms with Gasteiger partial charge in [-0.2, -0.15) is 0 Å². The van der Waals surface area contributed by atoms with Crippen LogP contribution in [-0.4, -0.2) is 41.1 Å².